The molecule has 0 saturated carbocycles. The molecule has 1 fully saturated rings. The SMILES string of the molecule is CCOC(=O)C1CCCN1c1ncccc1C(N)=S. The summed E-state index contributed by atoms with van der Waals surface area (Å²) in [5.74, 6) is 0.463. The number of thiocarbonyl (C=S) groups is 1. The normalized spacial score (nSPS) is 18.4. The van der Waals surface area contributed by atoms with E-state index in [1.54, 1.807) is 19.2 Å². The predicted octanol–water partition coefficient (Wildman–Crippen LogP) is 1.25. The number of anilines is 1. The quantitative estimate of drug-likeness (QED) is 0.661. The Hall–Kier alpha value is -1.69. The predicted molar refractivity (Wildman–Crippen MR) is 77.1 cm³/mol. The smallest absolute Gasteiger partial charge is 0.328 e. The lowest BCUT2D eigenvalue weighted by Crippen LogP contribution is -2.39. The molecule has 1 aromatic rings. The average molecular weight is 279 g/mol. The topological polar surface area (TPSA) is 68.5 Å². The summed E-state index contributed by atoms with van der Waals surface area (Å²) in [7, 11) is 0. The van der Waals surface area contributed by atoms with Crippen LogP contribution in [0.5, 0.6) is 0 Å². The molecular weight excluding hydrogens is 262 g/mol. The highest BCUT2D eigenvalue weighted by Gasteiger charge is 2.34. The van der Waals surface area contributed by atoms with Crippen molar-refractivity contribution in [1.29, 1.82) is 0 Å². The fourth-order valence-electron chi connectivity index (χ4n) is 2.32. The molecule has 5 nitrogen and oxygen atoms in total. The van der Waals surface area contributed by atoms with Gasteiger partial charge in [0, 0.05) is 12.7 Å². The number of rotatable bonds is 4. The van der Waals surface area contributed by atoms with Crippen molar-refractivity contribution in [3.05, 3.63) is 23.9 Å². The molecule has 102 valence electrons. The van der Waals surface area contributed by atoms with Crippen LogP contribution in [0.15, 0.2) is 18.3 Å². The first kappa shape index (κ1) is 13.7. The minimum absolute atomic E-state index is 0.209. The molecule has 2 rings (SSSR count). The van der Waals surface area contributed by atoms with E-state index in [1.807, 2.05) is 11.0 Å². The van der Waals surface area contributed by atoms with Crippen molar-refractivity contribution in [1.82, 2.24) is 4.98 Å². The Morgan fingerprint density at radius 3 is 3.16 bits per heavy atom. The second-order valence-corrected chi connectivity index (χ2v) is 4.78. The van der Waals surface area contributed by atoms with Crippen LogP contribution in [0, 0.1) is 0 Å². The molecule has 2 heterocycles. The van der Waals surface area contributed by atoms with E-state index in [9.17, 15) is 4.79 Å². The summed E-state index contributed by atoms with van der Waals surface area (Å²) in [5, 5.41) is 0. The highest BCUT2D eigenvalue weighted by Crippen LogP contribution is 2.27. The van der Waals surface area contributed by atoms with E-state index in [-0.39, 0.29) is 17.0 Å². The molecule has 0 radical (unpaired) electrons. The first-order chi connectivity index (χ1) is 9.15. The molecule has 1 saturated heterocycles. The number of pyridine rings is 1. The second-order valence-electron chi connectivity index (χ2n) is 4.34. The maximum Gasteiger partial charge on any atom is 0.328 e. The van der Waals surface area contributed by atoms with Crippen molar-refractivity contribution >= 4 is 29.0 Å². The van der Waals surface area contributed by atoms with E-state index in [0.717, 1.165) is 19.4 Å². The lowest BCUT2D eigenvalue weighted by atomic mass is 10.2. The van der Waals surface area contributed by atoms with Gasteiger partial charge in [-0.05, 0) is 31.9 Å². The molecule has 2 N–H and O–H groups in total. The van der Waals surface area contributed by atoms with Crippen LogP contribution in [0.3, 0.4) is 0 Å². The van der Waals surface area contributed by atoms with Gasteiger partial charge in [-0.2, -0.15) is 0 Å². The van der Waals surface area contributed by atoms with Gasteiger partial charge in [0.1, 0.15) is 16.8 Å². The molecule has 1 unspecified atom stereocenters. The van der Waals surface area contributed by atoms with Gasteiger partial charge >= 0.3 is 5.97 Å². The Labute approximate surface area is 117 Å². The first-order valence-electron chi connectivity index (χ1n) is 6.33. The number of hydrogen-bond acceptors (Lipinski definition) is 5. The third-order valence-corrected chi connectivity index (χ3v) is 3.36. The van der Waals surface area contributed by atoms with Crippen LogP contribution >= 0.6 is 12.2 Å². The third-order valence-electron chi connectivity index (χ3n) is 3.14. The Morgan fingerprint density at radius 2 is 2.47 bits per heavy atom. The summed E-state index contributed by atoms with van der Waals surface area (Å²) in [6.45, 7) is 2.95. The van der Waals surface area contributed by atoms with E-state index in [4.69, 9.17) is 22.7 Å². The number of nitrogens with two attached hydrogens (primary N) is 1. The van der Waals surface area contributed by atoms with E-state index >= 15 is 0 Å². The Kier molecular flexibility index (Phi) is 4.31. The third kappa shape index (κ3) is 2.84. The van der Waals surface area contributed by atoms with Gasteiger partial charge in [-0.1, -0.05) is 12.2 Å². The number of nitrogens with zero attached hydrogens (tertiary/aromatic N) is 2. The molecular formula is C13H17N3O2S. The Morgan fingerprint density at radius 1 is 1.68 bits per heavy atom. The number of carbonyl (C=O) groups is 1. The van der Waals surface area contributed by atoms with Crippen LogP contribution in [-0.4, -0.2) is 35.1 Å². The van der Waals surface area contributed by atoms with Crippen LogP contribution in [0.25, 0.3) is 0 Å². The second kappa shape index (κ2) is 5.97. The van der Waals surface area contributed by atoms with Crippen molar-refractivity contribution in [2.45, 2.75) is 25.8 Å². The molecule has 6 heteroatoms. The van der Waals surface area contributed by atoms with E-state index in [1.165, 1.54) is 0 Å². The summed E-state index contributed by atoms with van der Waals surface area (Å²) >= 11 is 5.04. The number of hydrogen-bond donors (Lipinski definition) is 1. The molecule has 0 bridgehead atoms. The van der Waals surface area contributed by atoms with E-state index < -0.39 is 0 Å². The number of carbonyl (C=O) groups excluding carboxylic acids is 1. The van der Waals surface area contributed by atoms with Crippen LogP contribution in [-0.2, 0) is 9.53 Å². The fourth-order valence-corrected chi connectivity index (χ4v) is 2.48. The standard InChI is InChI=1S/C13H17N3O2S/c1-2-18-13(17)10-6-4-8-16(10)12-9(11(14)19)5-3-7-15-12/h3,5,7,10H,2,4,6,8H2,1H3,(H2,14,19). The van der Waals surface area contributed by atoms with Gasteiger partial charge in [-0.15, -0.1) is 0 Å². The van der Waals surface area contributed by atoms with Gasteiger partial charge in [0.2, 0.25) is 0 Å². The van der Waals surface area contributed by atoms with Crippen LogP contribution in [0.2, 0.25) is 0 Å². The van der Waals surface area contributed by atoms with Gasteiger partial charge in [0.05, 0.1) is 12.2 Å². The minimum atomic E-state index is -0.289. The molecule has 0 aromatic carbocycles. The molecule has 0 spiro atoms. The molecule has 1 aromatic heterocycles. The molecule has 1 atom stereocenters. The van der Waals surface area contributed by atoms with Crippen molar-refractivity contribution < 1.29 is 9.53 Å². The lowest BCUT2D eigenvalue weighted by molar-refractivity contribution is -0.144. The van der Waals surface area contributed by atoms with E-state index in [0.29, 0.717) is 18.0 Å². The summed E-state index contributed by atoms with van der Waals surface area (Å²) < 4.78 is 5.11. The van der Waals surface area contributed by atoms with E-state index in [2.05, 4.69) is 4.98 Å². The molecule has 19 heavy (non-hydrogen) atoms. The fraction of sp³-hybridized carbons (Fsp3) is 0.462. The zero-order chi connectivity index (χ0) is 13.8. The maximum absolute atomic E-state index is 12.0. The van der Waals surface area contributed by atoms with Crippen molar-refractivity contribution in [3.8, 4) is 0 Å². The number of esters is 1. The van der Waals surface area contributed by atoms with Gasteiger partial charge in [0.15, 0.2) is 0 Å². The van der Waals surface area contributed by atoms with Crippen LogP contribution in [0.4, 0.5) is 5.82 Å². The lowest BCUT2D eigenvalue weighted by Gasteiger charge is -2.25. The zero-order valence-corrected chi connectivity index (χ0v) is 11.7. The Balaban J connectivity index is 2.30. The highest BCUT2D eigenvalue weighted by atomic mass is 32.1. The summed E-state index contributed by atoms with van der Waals surface area (Å²) in [5.41, 5.74) is 6.41. The van der Waals surface area contributed by atoms with Gasteiger partial charge < -0.3 is 15.4 Å². The zero-order valence-electron chi connectivity index (χ0n) is 10.8. The summed E-state index contributed by atoms with van der Waals surface area (Å²) in [6, 6.07) is 3.32. The monoisotopic (exact) mass is 279 g/mol. The highest BCUT2D eigenvalue weighted by molar-refractivity contribution is 7.80. The van der Waals surface area contributed by atoms with Crippen molar-refractivity contribution in [2.24, 2.45) is 5.73 Å². The number of aromatic nitrogens is 1. The maximum atomic E-state index is 12.0. The summed E-state index contributed by atoms with van der Waals surface area (Å²) in [4.78, 5) is 18.5. The van der Waals surface area contributed by atoms with Gasteiger partial charge in [-0.25, -0.2) is 9.78 Å². The molecule has 1 aliphatic heterocycles. The van der Waals surface area contributed by atoms with Crippen LogP contribution < -0.4 is 10.6 Å². The molecule has 0 aliphatic carbocycles. The first-order valence-corrected chi connectivity index (χ1v) is 6.74. The van der Waals surface area contributed by atoms with Crippen molar-refractivity contribution in [3.63, 3.8) is 0 Å². The van der Waals surface area contributed by atoms with Gasteiger partial charge in [0.25, 0.3) is 0 Å². The minimum Gasteiger partial charge on any atom is -0.464 e. The average Bonchev–Trinajstić information content (AvgIpc) is 2.88. The molecule has 1 aliphatic rings. The van der Waals surface area contributed by atoms with Crippen molar-refractivity contribution in [2.75, 3.05) is 18.1 Å². The Bertz CT molecular complexity index is 493. The summed E-state index contributed by atoms with van der Waals surface area (Å²) in [6.07, 6.45) is 3.38. The van der Waals surface area contributed by atoms with Crippen LogP contribution in [0.1, 0.15) is 25.3 Å². The molecule has 0 amide bonds. The largest absolute Gasteiger partial charge is 0.464 e. The number of ether oxygens (including phenoxy) is 1. The van der Waals surface area contributed by atoms with Gasteiger partial charge in [-0.3, -0.25) is 0 Å².